The van der Waals surface area contributed by atoms with E-state index >= 15 is 0 Å². The average molecular weight is 513 g/mol. The summed E-state index contributed by atoms with van der Waals surface area (Å²) >= 11 is 0. The van der Waals surface area contributed by atoms with Crippen molar-refractivity contribution in [1.29, 1.82) is 0 Å². The molecule has 198 valence electrons. The third-order valence-electron chi connectivity index (χ3n) is 7.07. The van der Waals surface area contributed by atoms with Crippen molar-refractivity contribution in [2.75, 3.05) is 6.54 Å². The number of hydrogen-bond acceptors (Lipinski definition) is 5. The number of pyridine rings is 1. The Morgan fingerprint density at radius 3 is 2.24 bits per heavy atom. The highest BCUT2D eigenvalue weighted by molar-refractivity contribution is 6.43. The number of nitrogens with zero attached hydrogens (tertiary/aromatic N) is 2. The Bertz CT molecular complexity index is 1120. The number of carbonyl (C=O) groups excluding carboxylic acids is 3. The number of benzene rings is 2. The van der Waals surface area contributed by atoms with E-state index in [1.165, 1.54) is 10.5 Å². The van der Waals surface area contributed by atoms with Gasteiger partial charge in [0.1, 0.15) is 12.1 Å². The molecule has 1 fully saturated rings. The van der Waals surface area contributed by atoms with Crippen molar-refractivity contribution >= 4 is 17.7 Å². The Hall–Kier alpha value is -3.80. The molecule has 2 heterocycles. The van der Waals surface area contributed by atoms with Gasteiger partial charge in [-0.25, -0.2) is 4.79 Å². The van der Waals surface area contributed by atoms with Crippen LogP contribution in [0.4, 0.5) is 0 Å². The number of aryl methyl sites for hydroxylation is 2. The predicted octanol–water partition coefficient (Wildman–Crippen LogP) is 5.60. The number of ether oxygens (including phenoxy) is 1. The molecule has 0 N–H and O–H groups in total. The SMILES string of the molecule is O=C(C(=O)N1CCCC[C@H]1C(=O)OC(CCCc1ccccc1)CCCc1ccccn1)c1ccccc1. The topological polar surface area (TPSA) is 76.6 Å². The molecular formula is C32H36N2O4. The zero-order valence-corrected chi connectivity index (χ0v) is 21.8. The van der Waals surface area contributed by atoms with Gasteiger partial charge in [0, 0.05) is 24.0 Å². The van der Waals surface area contributed by atoms with Gasteiger partial charge in [-0.1, -0.05) is 66.7 Å². The maximum absolute atomic E-state index is 13.4. The highest BCUT2D eigenvalue weighted by atomic mass is 16.5. The maximum atomic E-state index is 13.4. The molecule has 3 aromatic rings. The molecule has 0 radical (unpaired) electrons. The number of Topliss-reactive ketones (excluding diaryl/α,β-unsaturated/α-hetero) is 1. The number of hydrogen-bond donors (Lipinski definition) is 0. The zero-order valence-electron chi connectivity index (χ0n) is 21.8. The Morgan fingerprint density at radius 1 is 0.842 bits per heavy atom. The second-order valence-corrected chi connectivity index (χ2v) is 9.86. The van der Waals surface area contributed by atoms with Gasteiger partial charge < -0.3 is 9.64 Å². The summed E-state index contributed by atoms with van der Waals surface area (Å²) in [5.74, 6) is -1.62. The number of piperidine rings is 1. The molecule has 2 atom stereocenters. The summed E-state index contributed by atoms with van der Waals surface area (Å²) in [7, 11) is 0. The quantitative estimate of drug-likeness (QED) is 0.179. The first kappa shape index (κ1) is 27.2. The minimum atomic E-state index is -0.726. The lowest BCUT2D eigenvalue weighted by molar-refractivity contribution is -0.161. The number of aromatic nitrogens is 1. The molecule has 0 bridgehead atoms. The fraction of sp³-hybridized carbons (Fsp3) is 0.375. The molecule has 6 nitrogen and oxygen atoms in total. The van der Waals surface area contributed by atoms with Crippen LogP contribution in [0, 0.1) is 0 Å². The van der Waals surface area contributed by atoms with Crippen LogP contribution in [-0.4, -0.2) is 46.2 Å². The van der Waals surface area contributed by atoms with Crippen LogP contribution in [-0.2, 0) is 27.2 Å². The van der Waals surface area contributed by atoms with Crippen LogP contribution in [0.2, 0.25) is 0 Å². The third-order valence-corrected chi connectivity index (χ3v) is 7.07. The van der Waals surface area contributed by atoms with Crippen LogP contribution >= 0.6 is 0 Å². The van der Waals surface area contributed by atoms with Gasteiger partial charge in [-0.05, 0) is 75.5 Å². The largest absolute Gasteiger partial charge is 0.461 e. The number of carbonyl (C=O) groups is 3. The van der Waals surface area contributed by atoms with Crippen LogP contribution in [0.25, 0.3) is 0 Å². The number of likely N-dealkylation sites (tertiary alicyclic amines) is 1. The molecule has 6 heteroatoms. The fourth-order valence-electron chi connectivity index (χ4n) is 5.00. The van der Waals surface area contributed by atoms with Crippen LogP contribution < -0.4 is 0 Å². The molecule has 1 aliphatic heterocycles. The molecule has 1 amide bonds. The van der Waals surface area contributed by atoms with Gasteiger partial charge in [0.2, 0.25) is 5.78 Å². The summed E-state index contributed by atoms with van der Waals surface area (Å²) in [5.41, 5.74) is 2.61. The molecule has 1 aliphatic rings. The normalized spacial score (nSPS) is 16.0. The summed E-state index contributed by atoms with van der Waals surface area (Å²) in [6, 6.07) is 24.0. The monoisotopic (exact) mass is 512 g/mol. The van der Waals surface area contributed by atoms with E-state index in [9.17, 15) is 14.4 Å². The Balaban J connectivity index is 1.39. The summed E-state index contributed by atoms with van der Waals surface area (Å²) in [4.78, 5) is 45.2. The second kappa shape index (κ2) is 14.2. The van der Waals surface area contributed by atoms with Crippen molar-refractivity contribution in [1.82, 2.24) is 9.88 Å². The molecular weight excluding hydrogens is 476 g/mol. The fourth-order valence-corrected chi connectivity index (χ4v) is 5.00. The highest BCUT2D eigenvalue weighted by Crippen LogP contribution is 2.22. The van der Waals surface area contributed by atoms with Crippen LogP contribution in [0.1, 0.15) is 66.6 Å². The number of amides is 1. The van der Waals surface area contributed by atoms with Gasteiger partial charge in [0.25, 0.3) is 5.91 Å². The maximum Gasteiger partial charge on any atom is 0.329 e. The van der Waals surface area contributed by atoms with E-state index in [1.54, 1.807) is 36.5 Å². The van der Waals surface area contributed by atoms with Crippen molar-refractivity contribution in [3.63, 3.8) is 0 Å². The minimum Gasteiger partial charge on any atom is -0.461 e. The number of ketones is 1. The first-order chi connectivity index (χ1) is 18.6. The van der Waals surface area contributed by atoms with Gasteiger partial charge in [-0.15, -0.1) is 0 Å². The third kappa shape index (κ3) is 7.85. The van der Waals surface area contributed by atoms with Crippen molar-refractivity contribution in [3.8, 4) is 0 Å². The summed E-state index contributed by atoms with van der Waals surface area (Å²) in [5, 5.41) is 0. The van der Waals surface area contributed by atoms with Crippen LogP contribution in [0.5, 0.6) is 0 Å². The number of esters is 1. The molecule has 2 aromatic carbocycles. The van der Waals surface area contributed by atoms with Crippen molar-refractivity contribution in [3.05, 3.63) is 102 Å². The Kier molecular flexibility index (Phi) is 10.2. The van der Waals surface area contributed by atoms with E-state index in [0.29, 0.717) is 18.5 Å². The first-order valence-corrected chi connectivity index (χ1v) is 13.7. The van der Waals surface area contributed by atoms with Crippen LogP contribution in [0.15, 0.2) is 85.1 Å². The molecule has 1 saturated heterocycles. The molecule has 1 aromatic heterocycles. The Labute approximate surface area is 225 Å². The van der Waals surface area contributed by atoms with Gasteiger partial charge in [-0.2, -0.15) is 0 Å². The first-order valence-electron chi connectivity index (χ1n) is 13.7. The zero-order chi connectivity index (χ0) is 26.6. The van der Waals surface area contributed by atoms with Crippen LogP contribution in [0.3, 0.4) is 0 Å². The van der Waals surface area contributed by atoms with Gasteiger partial charge in [-0.3, -0.25) is 14.6 Å². The van der Waals surface area contributed by atoms with E-state index in [0.717, 1.165) is 57.1 Å². The van der Waals surface area contributed by atoms with Crippen molar-refractivity contribution < 1.29 is 19.1 Å². The van der Waals surface area contributed by atoms with Crippen molar-refractivity contribution in [2.24, 2.45) is 0 Å². The van der Waals surface area contributed by atoms with Gasteiger partial charge in [0.15, 0.2) is 0 Å². The lowest BCUT2D eigenvalue weighted by atomic mass is 9.99. The van der Waals surface area contributed by atoms with E-state index < -0.39 is 23.7 Å². The average Bonchev–Trinajstić information content (AvgIpc) is 2.98. The molecule has 0 saturated carbocycles. The number of rotatable bonds is 12. The minimum absolute atomic E-state index is 0.251. The standard InChI is InChI=1S/C32H36N2O4/c35-30(26-16-5-2-6-17-26)31(36)34-24-10-8-22-29(34)32(37)38-28(20-11-15-25-13-3-1-4-14-25)21-12-19-27-18-7-9-23-33-27/h1-7,9,13-14,16-18,23,28-29H,8,10-12,15,19-22,24H2/t28?,29-/m0/s1. The Morgan fingerprint density at radius 2 is 1.53 bits per heavy atom. The van der Waals surface area contributed by atoms with E-state index in [1.807, 2.05) is 36.4 Å². The molecule has 0 aliphatic carbocycles. The lowest BCUT2D eigenvalue weighted by Gasteiger charge is -2.34. The molecule has 1 unspecified atom stereocenters. The van der Waals surface area contributed by atoms with E-state index in [-0.39, 0.29) is 6.10 Å². The van der Waals surface area contributed by atoms with Gasteiger partial charge >= 0.3 is 5.97 Å². The molecule has 38 heavy (non-hydrogen) atoms. The predicted molar refractivity (Wildman–Crippen MR) is 147 cm³/mol. The van der Waals surface area contributed by atoms with Crippen molar-refractivity contribution in [2.45, 2.75) is 69.9 Å². The summed E-state index contributed by atoms with van der Waals surface area (Å²) < 4.78 is 6.07. The smallest absolute Gasteiger partial charge is 0.329 e. The summed E-state index contributed by atoms with van der Waals surface area (Å²) in [6.45, 7) is 0.384. The molecule has 0 spiro atoms. The highest BCUT2D eigenvalue weighted by Gasteiger charge is 2.37. The summed E-state index contributed by atoms with van der Waals surface area (Å²) in [6.07, 6.45) is 8.57. The van der Waals surface area contributed by atoms with E-state index in [2.05, 4.69) is 17.1 Å². The second-order valence-electron chi connectivity index (χ2n) is 9.86. The van der Waals surface area contributed by atoms with Gasteiger partial charge in [0.05, 0.1) is 0 Å². The molecule has 4 rings (SSSR count). The van der Waals surface area contributed by atoms with E-state index in [4.69, 9.17) is 4.74 Å². The lowest BCUT2D eigenvalue weighted by Crippen LogP contribution is -2.51.